The van der Waals surface area contributed by atoms with Crippen molar-refractivity contribution in [1.29, 1.82) is 0 Å². The number of hydrogen-bond donors (Lipinski definition) is 1. The summed E-state index contributed by atoms with van der Waals surface area (Å²) in [6.45, 7) is 0. The summed E-state index contributed by atoms with van der Waals surface area (Å²) >= 11 is 0. The average Bonchev–Trinajstić information content (AvgIpc) is 3.15. The maximum atomic E-state index is 13.1. The summed E-state index contributed by atoms with van der Waals surface area (Å²) < 4.78 is 14.9. The third-order valence-corrected chi connectivity index (χ3v) is 4.51. The second-order valence-corrected chi connectivity index (χ2v) is 6.30. The largest absolute Gasteiger partial charge is 0.321 e. The minimum atomic E-state index is -0.228. The van der Waals surface area contributed by atoms with Crippen LogP contribution in [0.5, 0.6) is 0 Å². The van der Waals surface area contributed by atoms with Crippen LogP contribution in [-0.4, -0.2) is 9.78 Å². The highest BCUT2D eigenvalue weighted by Gasteiger charge is 2.41. The van der Waals surface area contributed by atoms with Crippen molar-refractivity contribution in [3.8, 4) is 22.4 Å². The summed E-state index contributed by atoms with van der Waals surface area (Å²) in [7, 11) is 1.91. The van der Waals surface area contributed by atoms with E-state index in [0.717, 1.165) is 40.8 Å². The van der Waals surface area contributed by atoms with Crippen molar-refractivity contribution in [2.45, 2.75) is 18.4 Å². The van der Waals surface area contributed by atoms with E-state index in [2.05, 4.69) is 23.3 Å². The van der Waals surface area contributed by atoms with Crippen LogP contribution >= 0.6 is 12.4 Å². The Labute approximate surface area is 146 Å². The van der Waals surface area contributed by atoms with Gasteiger partial charge in [-0.15, -0.1) is 12.4 Å². The lowest BCUT2D eigenvalue weighted by molar-refractivity contribution is 0.628. The van der Waals surface area contributed by atoms with E-state index in [1.54, 1.807) is 16.8 Å². The van der Waals surface area contributed by atoms with Crippen LogP contribution in [0.3, 0.4) is 0 Å². The van der Waals surface area contributed by atoms with Gasteiger partial charge in [0.2, 0.25) is 0 Å². The van der Waals surface area contributed by atoms with Crippen molar-refractivity contribution in [3.63, 3.8) is 0 Å². The fourth-order valence-electron chi connectivity index (χ4n) is 2.97. The molecule has 3 nitrogen and oxygen atoms in total. The van der Waals surface area contributed by atoms with E-state index in [0.29, 0.717) is 0 Å². The van der Waals surface area contributed by atoms with Crippen molar-refractivity contribution in [2.24, 2.45) is 12.8 Å². The molecule has 2 aromatic carbocycles. The van der Waals surface area contributed by atoms with Crippen LogP contribution in [0.15, 0.2) is 54.7 Å². The van der Waals surface area contributed by atoms with Gasteiger partial charge in [-0.2, -0.15) is 5.10 Å². The fourth-order valence-corrected chi connectivity index (χ4v) is 2.97. The van der Waals surface area contributed by atoms with Gasteiger partial charge in [-0.3, -0.25) is 4.68 Å². The zero-order chi connectivity index (χ0) is 16.0. The number of benzene rings is 2. The van der Waals surface area contributed by atoms with E-state index in [4.69, 9.17) is 5.73 Å². The van der Waals surface area contributed by atoms with E-state index in [1.807, 2.05) is 19.3 Å². The van der Waals surface area contributed by atoms with Crippen LogP contribution in [-0.2, 0) is 12.6 Å². The predicted molar refractivity (Wildman–Crippen MR) is 96.4 cm³/mol. The lowest BCUT2D eigenvalue weighted by atomic mass is 9.92. The molecule has 124 valence electrons. The first kappa shape index (κ1) is 16.7. The van der Waals surface area contributed by atoms with E-state index in [1.165, 1.54) is 12.1 Å². The van der Waals surface area contributed by atoms with Crippen LogP contribution in [0, 0.1) is 5.82 Å². The first-order valence-corrected chi connectivity index (χ1v) is 7.75. The van der Waals surface area contributed by atoms with Crippen molar-refractivity contribution in [3.05, 3.63) is 66.1 Å². The molecule has 1 saturated carbocycles. The van der Waals surface area contributed by atoms with Crippen LogP contribution < -0.4 is 5.73 Å². The molecule has 24 heavy (non-hydrogen) atoms. The summed E-state index contributed by atoms with van der Waals surface area (Å²) in [5.74, 6) is -0.228. The van der Waals surface area contributed by atoms with Gasteiger partial charge in [-0.25, -0.2) is 4.39 Å². The molecular formula is C19H19ClFN3. The quantitative estimate of drug-likeness (QED) is 0.772. The Morgan fingerprint density at radius 2 is 1.71 bits per heavy atom. The molecule has 2 N–H and O–H groups in total. The van der Waals surface area contributed by atoms with Gasteiger partial charge in [0.15, 0.2) is 0 Å². The number of hydrogen-bond acceptors (Lipinski definition) is 2. The average molecular weight is 344 g/mol. The summed E-state index contributed by atoms with van der Waals surface area (Å²) in [5, 5.41) is 4.53. The third kappa shape index (κ3) is 2.95. The fraction of sp³-hybridized carbons (Fsp3) is 0.211. The van der Waals surface area contributed by atoms with Crippen LogP contribution in [0.1, 0.15) is 18.4 Å². The van der Waals surface area contributed by atoms with Crippen molar-refractivity contribution in [2.75, 3.05) is 0 Å². The van der Waals surface area contributed by atoms with E-state index in [9.17, 15) is 4.39 Å². The molecule has 0 amide bonds. The lowest BCUT2D eigenvalue weighted by Gasteiger charge is -2.16. The SMILES string of the molecule is Cl.Cn1ccc(-c2cc(-c3ccc(F)cc3)ccc2C2(N)CC2)n1. The Hall–Kier alpha value is -2.17. The molecule has 1 heterocycles. The van der Waals surface area contributed by atoms with Gasteiger partial charge in [0.25, 0.3) is 0 Å². The highest BCUT2D eigenvalue weighted by molar-refractivity contribution is 5.85. The molecule has 0 aliphatic heterocycles. The van der Waals surface area contributed by atoms with Crippen LogP contribution in [0.4, 0.5) is 4.39 Å². The van der Waals surface area contributed by atoms with Gasteiger partial charge in [-0.1, -0.05) is 24.3 Å². The molecule has 1 fully saturated rings. The van der Waals surface area contributed by atoms with Gasteiger partial charge >= 0.3 is 0 Å². The number of rotatable bonds is 3. The third-order valence-electron chi connectivity index (χ3n) is 4.51. The maximum absolute atomic E-state index is 13.1. The zero-order valence-electron chi connectivity index (χ0n) is 13.4. The molecule has 0 spiro atoms. The van der Waals surface area contributed by atoms with E-state index >= 15 is 0 Å². The van der Waals surface area contributed by atoms with Crippen molar-refractivity contribution in [1.82, 2.24) is 9.78 Å². The van der Waals surface area contributed by atoms with Gasteiger partial charge in [-0.05, 0) is 53.8 Å². The molecule has 1 aromatic heterocycles. The highest BCUT2D eigenvalue weighted by atomic mass is 35.5. The number of aromatic nitrogens is 2. The monoisotopic (exact) mass is 343 g/mol. The van der Waals surface area contributed by atoms with Crippen LogP contribution in [0.25, 0.3) is 22.4 Å². The molecule has 0 unspecified atom stereocenters. The number of nitrogens with zero attached hydrogens (tertiary/aromatic N) is 2. The standard InChI is InChI=1S/C19H18FN3.ClH/c1-23-11-8-18(22-23)16-12-14(13-2-5-15(20)6-3-13)4-7-17(16)19(21)9-10-19;/h2-8,11-12H,9-10,21H2,1H3;1H. The maximum Gasteiger partial charge on any atom is 0.123 e. The number of nitrogens with two attached hydrogens (primary N) is 1. The molecule has 4 rings (SSSR count). The Kier molecular flexibility index (Phi) is 4.20. The van der Waals surface area contributed by atoms with Crippen molar-refractivity contribution < 1.29 is 4.39 Å². The number of halogens is 2. The Morgan fingerprint density at radius 3 is 2.29 bits per heavy atom. The highest BCUT2D eigenvalue weighted by Crippen LogP contribution is 2.47. The van der Waals surface area contributed by atoms with E-state index < -0.39 is 0 Å². The van der Waals surface area contributed by atoms with Gasteiger partial charge in [0.05, 0.1) is 5.69 Å². The summed E-state index contributed by atoms with van der Waals surface area (Å²) in [6, 6.07) is 14.8. The summed E-state index contributed by atoms with van der Waals surface area (Å²) in [6.07, 6.45) is 3.94. The molecule has 0 radical (unpaired) electrons. The Bertz CT molecular complexity index is 867. The van der Waals surface area contributed by atoms with E-state index in [-0.39, 0.29) is 23.8 Å². The van der Waals surface area contributed by atoms with Gasteiger partial charge < -0.3 is 5.73 Å². The summed E-state index contributed by atoms with van der Waals surface area (Å²) in [4.78, 5) is 0. The van der Waals surface area contributed by atoms with Crippen LogP contribution in [0.2, 0.25) is 0 Å². The second-order valence-electron chi connectivity index (χ2n) is 6.30. The number of aryl methyl sites for hydroxylation is 1. The predicted octanol–water partition coefficient (Wildman–Crippen LogP) is 4.26. The molecule has 0 atom stereocenters. The second kappa shape index (κ2) is 6.04. The first-order valence-electron chi connectivity index (χ1n) is 7.75. The Balaban J connectivity index is 0.00000169. The Morgan fingerprint density at radius 1 is 1.04 bits per heavy atom. The molecule has 0 saturated heterocycles. The minimum absolute atomic E-state index is 0. The van der Waals surface area contributed by atoms with Crippen molar-refractivity contribution >= 4 is 12.4 Å². The molecule has 0 bridgehead atoms. The minimum Gasteiger partial charge on any atom is -0.321 e. The smallest absolute Gasteiger partial charge is 0.123 e. The zero-order valence-corrected chi connectivity index (χ0v) is 14.2. The first-order chi connectivity index (χ1) is 11.0. The molecule has 3 aromatic rings. The molecule has 5 heteroatoms. The normalized spacial score (nSPS) is 15.0. The molecular weight excluding hydrogens is 325 g/mol. The molecule has 1 aliphatic rings. The topological polar surface area (TPSA) is 43.8 Å². The van der Waals surface area contributed by atoms with Gasteiger partial charge in [0, 0.05) is 24.3 Å². The summed E-state index contributed by atoms with van der Waals surface area (Å²) in [5.41, 5.74) is 11.4. The lowest BCUT2D eigenvalue weighted by Crippen LogP contribution is -2.19. The molecule has 1 aliphatic carbocycles. The van der Waals surface area contributed by atoms with Gasteiger partial charge in [0.1, 0.15) is 5.82 Å².